The first kappa shape index (κ1) is 14.4. The fraction of sp³-hybridized carbons (Fsp3) is 0.333. The zero-order valence-corrected chi connectivity index (χ0v) is 12.6. The Morgan fingerprint density at radius 1 is 1.00 bits per heavy atom. The van der Waals surface area contributed by atoms with Crippen molar-refractivity contribution in [2.45, 2.75) is 33.1 Å². The van der Waals surface area contributed by atoms with Crippen molar-refractivity contribution in [3.8, 4) is 0 Å². The van der Waals surface area contributed by atoms with E-state index in [1.54, 1.807) is 0 Å². The molecule has 0 aliphatic rings. The highest BCUT2D eigenvalue weighted by atomic mass is 14.9. The molecule has 2 rings (SSSR count). The molecule has 0 amide bonds. The largest absolute Gasteiger partial charge is 0.399 e. The molecule has 0 heterocycles. The third-order valence-corrected chi connectivity index (χ3v) is 3.48. The molecule has 2 heteroatoms. The van der Waals surface area contributed by atoms with Gasteiger partial charge in [-0.15, -0.1) is 0 Å². The van der Waals surface area contributed by atoms with Crippen LogP contribution in [0.1, 0.15) is 38.7 Å². The Morgan fingerprint density at radius 3 is 2.35 bits per heavy atom. The molecule has 2 aromatic carbocycles. The summed E-state index contributed by atoms with van der Waals surface area (Å²) in [7, 11) is 0. The molecule has 0 saturated heterocycles. The Hall–Kier alpha value is -1.96. The van der Waals surface area contributed by atoms with Crippen LogP contribution in [0.3, 0.4) is 0 Å². The second kappa shape index (κ2) is 6.47. The molecule has 20 heavy (non-hydrogen) atoms. The average Bonchev–Trinajstić information content (AvgIpc) is 2.41. The molecule has 106 valence electrons. The van der Waals surface area contributed by atoms with Crippen LogP contribution in [0.5, 0.6) is 0 Å². The Bertz CT molecular complexity index is 547. The Labute approximate surface area is 122 Å². The molecule has 0 radical (unpaired) electrons. The van der Waals surface area contributed by atoms with Crippen LogP contribution in [0.4, 0.5) is 17.1 Å². The minimum atomic E-state index is 0.490. The number of anilines is 3. The summed E-state index contributed by atoms with van der Waals surface area (Å²) in [6, 6.07) is 16.4. The minimum absolute atomic E-state index is 0.490. The first-order valence-corrected chi connectivity index (χ1v) is 7.27. The monoisotopic (exact) mass is 268 g/mol. The molecule has 0 bridgehead atoms. The second-order valence-electron chi connectivity index (χ2n) is 5.87. The molecule has 2 nitrogen and oxygen atoms in total. The topological polar surface area (TPSA) is 38.0 Å². The quantitative estimate of drug-likeness (QED) is 0.735. The normalized spacial score (nSPS) is 12.4. The van der Waals surface area contributed by atoms with Crippen LogP contribution >= 0.6 is 0 Å². The van der Waals surface area contributed by atoms with Gasteiger partial charge in [-0.2, -0.15) is 0 Å². The van der Waals surface area contributed by atoms with Gasteiger partial charge in [-0.3, -0.25) is 0 Å². The maximum absolute atomic E-state index is 5.96. The van der Waals surface area contributed by atoms with Crippen molar-refractivity contribution in [1.82, 2.24) is 0 Å². The highest BCUT2D eigenvalue weighted by molar-refractivity contribution is 5.66. The van der Waals surface area contributed by atoms with Crippen LogP contribution in [0, 0.1) is 5.92 Å². The summed E-state index contributed by atoms with van der Waals surface area (Å²) < 4.78 is 0. The van der Waals surface area contributed by atoms with Crippen molar-refractivity contribution in [3.63, 3.8) is 0 Å². The van der Waals surface area contributed by atoms with Crippen molar-refractivity contribution in [2.75, 3.05) is 11.1 Å². The van der Waals surface area contributed by atoms with E-state index >= 15 is 0 Å². The SMILES string of the molecule is CC(C)CC(C)c1cc(N)ccc1Nc1ccccc1. The maximum atomic E-state index is 5.96. The second-order valence-corrected chi connectivity index (χ2v) is 5.87. The van der Waals surface area contributed by atoms with Gasteiger partial charge in [-0.05, 0) is 54.2 Å². The van der Waals surface area contributed by atoms with E-state index in [9.17, 15) is 0 Å². The zero-order valence-electron chi connectivity index (χ0n) is 12.6. The molecule has 0 aromatic heterocycles. The molecule has 3 N–H and O–H groups in total. The van der Waals surface area contributed by atoms with Crippen LogP contribution in [0.2, 0.25) is 0 Å². The molecule has 0 saturated carbocycles. The minimum Gasteiger partial charge on any atom is -0.399 e. The smallest absolute Gasteiger partial charge is 0.0421 e. The fourth-order valence-corrected chi connectivity index (χ4v) is 2.61. The standard InChI is InChI=1S/C18H24N2/c1-13(2)11-14(3)17-12-15(19)9-10-18(17)20-16-7-5-4-6-8-16/h4-10,12-14,20H,11,19H2,1-3H3. The lowest BCUT2D eigenvalue weighted by atomic mass is 9.90. The van der Waals surface area contributed by atoms with Crippen molar-refractivity contribution in [3.05, 3.63) is 54.1 Å². The van der Waals surface area contributed by atoms with Crippen LogP contribution in [-0.4, -0.2) is 0 Å². The molecule has 0 aliphatic carbocycles. The van der Waals surface area contributed by atoms with Gasteiger partial charge >= 0.3 is 0 Å². The van der Waals surface area contributed by atoms with E-state index in [-0.39, 0.29) is 0 Å². The summed E-state index contributed by atoms with van der Waals surface area (Å²) in [5.41, 5.74) is 10.3. The number of nitrogens with one attached hydrogen (secondary N) is 1. The first-order valence-electron chi connectivity index (χ1n) is 7.27. The predicted molar refractivity (Wildman–Crippen MR) is 88.4 cm³/mol. The van der Waals surface area contributed by atoms with Gasteiger partial charge in [0.2, 0.25) is 0 Å². The lowest BCUT2D eigenvalue weighted by Gasteiger charge is -2.20. The lowest BCUT2D eigenvalue weighted by molar-refractivity contribution is 0.524. The molecule has 0 spiro atoms. The number of benzene rings is 2. The number of rotatable bonds is 5. The van der Waals surface area contributed by atoms with E-state index in [0.29, 0.717) is 11.8 Å². The van der Waals surface area contributed by atoms with Gasteiger partial charge in [0.1, 0.15) is 0 Å². The van der Waals surface area contributed by atoms with Crippen LogP contribution in [-0.2, 0) is 0 Å². The number of nitrogen functional groups attached to an aromatic ring is 1. The fourth-order valence-electron chi connectivity index (χ4n) is 2.61. The Kier molecular flexibility index (Phi) is 4.67. The molecule has 0 aliphatic heterocycles. The molecule has 1 atom stereocenters. The van der Waals surface area contributed by atoms with E-state index < -0.39 is 0 Å². The van der Waals surface area contributed by atoms with Crippen LogP contribution in [0.25, 0.3) is 0 Å². The Balaban J connectivity index is 2.28. The van der Waals surface area contributed by atoms with Gasteiger partial charge in [0.25, 0.3) is 0 Å². The summed E-state index contributed by atoms with van der Waals surface area (Å²) in [6.45, 7) is 6.78. The summed E-state index contributed by atoms with van der Waals surface area (Å²) in [6.07, 6.45) is 1.16. The predicted octanol–water partition coefficient (Wildman–Crippen LogP) is 5.16. The number of para-hydroxylation sites is 1. The third-order valence-electron chi connectivity index (χ3n) is 3.48. The molecular formula is C18H24N2. The first-order chi connectivity index (χ1) is 9.56. The van der Waals surface area contributed by atoms with E-state index in [0.717, 1.165) is 23.5 Å². The van der Waals surface area contributed by atoms with E-state index in [4.69, 9.17) is 5.73 Å². The van der Waals surface area contributed by atoms with Crippen molar-refractivity contribution >= 4 is 17.1 Å². The summed E-state index contributed by atoms with van der Waals surface area (Å²) >= 11 is 0. The van der Waals surface area contributed by atoms with Gasteiger partial charge in [-0.1, -0.05) is 39.0 Å². The lowest BCUT2D eigenvalue weighted by Crippen LogP contribution is -2.04. The van der Waals surface area contributed by atoms with Crippen molar-refractivity contribution < 1.29 is 0 Å². The van der Waals surface area contributed by atoms with Crippen LogP contribution in [0.15, 0.2) is 48.5 Å². The van der Waals surface area contributed by atoms with Crippen molar-refractivity contribution in [2.24, 2.45) is 5.92 Å². The van der Waals surface area contributed by atoms with Gasteiger partial charge in [0, 0.05) is 17.1 Å². The summed E-state index contributed by atoms with van der Waals surface area (Å²) in [5, 5.41) is 3.50. The number of hydrogen-bond donors (Lipinski definition) is 2. The number of nitrogens with two attached hydrogens (primary N) is 1. The van der Waals surface area contributed by atoms with Gasteiger partial charge < -0.3 is 11.1 Å². The molecule has 0 fully saturated rings. The zero-order chi connectivity index (χ0) is 14.5. The van der Waals surface area contributed by atoms with Crippen LogP contribution < -0.4 is 11.1 Å². The van der Waals surface area contributed by atoms with Gasteiger partial charge in [0.15, 0.2) is 0 Å². The summed E-state index contributed by atoms with van der Waals surface area (Å²) in [5.74, 6) is 1.17. The van der Waals surface area contributed by atoms with E-state index in [1.807, 2.05) is 24.3 Å². The molecule has 2 aromatic rings. The molecule has 1 unspecified atom stereocenters. The highest BCUT2D eigenvalue weighted by Gasteiger charge is 2.13. The highest BCUT2D eigenvalue weighted by Crippen LogP contribution is 2.32. The third kappa shape index (κ3) is 3.77. The summed E-state index contributed by atoms with van der Waals surface area (Å²) in [4.78, 5) is 0. The van der Waals surface area contributed by atoms with Gasteiger partial charge in [0.05, 0.1) is 0 Å². The molecular weight excluding hydrogens is 244 g/mol. The van der Waals surface area contributed by atoms with E-state index in [1.165, 1.54) is 5.56 Å². The Morgan fingerprint density at radius 2 is 1.70 bits per heavy atom. The maximum Gasteiger partial charge on any atom is 0.0421 e. The number of hydrogen-bond acceptors (Lipinski definition) is 2. The average molecular weight is 268 g/mol. The van der Waals surface area contributed by atoms with E-state index in [2.05, 4.69) is 50.4 Å². The van der Waals surface area contributed by atoms with Gasteiger partial charge in [-0.25, -0.2) is 0 Å². The van der Waals surface area contributed by atoms with Crippen molar-refractivity contribution in [1.29, 1.82) is 0 Å².